The van der Waals surface area contributed by atoms with Crippen LogP contribution in [-0.4, -0.2) is 140 Å². The first kappa shape index (κ1) is 74.5. The molecule has 9 N–H and O–H groups in total. The van der Waals surface area contributed by atoms with Crippen LogP contribution in [0.4, 0.5) is 0 Å². The molecular weight excluding hydrogens is 1030 g/mol. The van der Waals surface area contributed by atoms with Crippen LogP contribution < -0.4 is 5.32 Å². The molecule has 12 unspecified atom stereocenters. The van der Waals surface area contributed by atoms with E-state index in [1.165, 1.54) is 148 Å². The third-order valence-electron chi connectivity index (χ3n) is 15.6. The van der Waals surface area contributed by atoms with E-state index in [1.54, 1.807) is 6.08 Å². The fourth-order valence-corrected chi connectivity index (χ4v) is 10.4. The number of nitrogens with one attached hydrogen (secondary N) is 1. The molecule has 470 valence electrons. The van der Waals surface area contributed by atoms with Crippen molar-refractivity contribution < 1.29 is 64.6 Å². The Bertz CT molecular complexity index is 1630. The van der Waals surface area contributed by atoms with Crippen LogP contribution in [0, 0.1) is 0 Å². The molecule has 0 aromatic heterocycles. The van der Waals surface area contributed by atoms with Gasteiger partial charge in [-0.2, -0.15) is 0 Å². The summed E-state index contributed by atoms with van der Waals surface area (Å²) in [6, 6.07) is -0.912. The molecule has 1 amide bonds. The molecule has 0 spiro atoms. The van der Waals surface area contributed by atoms with Gasteiger partial charge in [-0.05, 0) is 64.2 Å². The molecule has 2 aliphatic rings. The zero-order valence-electron chi connectivity index (χ0n) is 50.8. The first-order valence-corrected chi connectivity index (χ1v) is 32.7. The van der Waals surface area contributed by atoms with Gasteiger partial charge in [-0.15, -0.1) is 0 Å². The summed E-state index contributed by atoms with van der Waals surface area (Å²) in [7, 11) is 0. The van der Waals surface area contributed by atoms with Crippen LogP contribution in [0.5, 0.6) is 0 Å². The highest BCUT2D eigenvalue weighted by molar-refractivity contribution is 5.76. The molecule has 2 heterocycles. The molecular formula is C67H119NO13. The largest absolute Gasteiger partial charge is 0.394 e. The van der Waals surface area contributed by atoms with Gasteiger partial charge in [-0.25, -0.2) is 0 Å². The maximum Gasteiger partial charge on any atom is 0.220 e. The van der Waals surface area contributed by atoms with Crippen LogP contribution in [0.2, 0.25) is 0 Å². The summed E-state index contributed by atoms with van der Waals surface area (Å²) in [6.07, 6.45) is 53.0. The molecule has 14 nitrogen and oxygen atoms in total. The fraction of sp³-hybridized carbons (Fsp3) is 0.806. The van der Waals surface area contributed by atoms with Gasteiger partial charge in [0.25, 0.3) is 0 Å². The van der Waals surface area contributed by atoms with Crippen molar-refractivity contribution in [2.75, 3.05) is 19.8 Å². The van der Waals surface area contributed by atoms with Crippen molar-refractivity contribution in [3.05, 3.63) is 72.9 Å². The van der Waals surface area contributed by atoms with Crippen LogP contribution >= 0.6 is 0 Å². The SMILES string of the molecule is CC/C=C\C/C=C\C/C=C\C/C=C\C/C=C\CCCCCCCCCCCCCCCCCCCCCCCCCC(=O)NC(COC1OC(CO)C(OC2OC(CO)C(O)C(O)C2O)C(O)C1O)C(O)/C=C/CCCCCCCC. The topological polar surface area (TPSA) is 228 Å². The molecule has 0 saturated carbocycles. The van der Waals surface area contributed by atoms with Gasteiger partial charge in [-0.1, -0.05) is 254 Å². The van der Waals surface area contributed by atoms with E-state index in [2.05, 4.69) is 79.9 Å². The van der Waals surface area contributed by atoms with E-state index in [0.717, 1.165) is 77.0 Å². The van der Waals surface area contributed by atoms with E-state index in [-0.39, 0.29) is 18.9 Å². The highest BCUT2D eigenvalue weighted by Crippen LogP contribution is 2.30. The monoisotopic (exact) mass is 1150 g/mol. The van der Waals surface area contributed by atoms with Crippen LogP contribution in [-0.2, 0) is 23.7 Å². The van der Waals surface area contributed by atoms with E-state index < -0.39 is 86.8 Å². The second-order valence-corrected chi connectivity index (χ2v) is 22.9. The Hall–Kier alpha value is -2.57. The number of ether oxygens (including phenoxy) is 4. The lowest BCUT2D eigenvalue weighted by atomic mass is 9.97. The molecule has 14 heteroatoms. The molecule has 0 radical (unpaired) electrons. The Labute approximate surface area is 491 Å². The molecule has 0 aliphatic carbocycles. The number of aliphatic hydroxyl groups is 8. The Morgan fingerprint density at radius 3 is 1.31 bits per heavy atom. The lowest BCUT2D eigenvalue weighted by Gasteiger charge is -2.46. The quantitative estimate of drug-likeness (QED) is 0.0204. The van der Waals surface area contributed by atoms with E-state index in [9.17, 15) is 45.6 Å². The predicted molar refractivity (Wildman–Crippen MR) is 327 cm³/mol. The molecule has 0 bridgehead atoms. The fourth-order valence-electron chi connectivity index (χ4n) is 10.4. The number of carbonyl (C=O) groups is 1. The van der Waals surface area contributed by atoms with Crippen LogP contribution in [0.25, 0.3) is 0 Å². The third-order valence-corrected chi connectivity index (χ3v) is 15.6. The minimum absolute atomic E-state index is 0.241. The summed E-state index contributed by atoms with van der Waals surface area (Å²) in [5, 5.41) is 86.8. The molecule has 2 fully saturated rings. The van der Waals surface area contributed by atoms with Gasteiger partial charge in [0.15, 0.2) is 12.6 Å². The summed E-state index contributed by atoms with van der Waals surface area (Å²) in [4.78, 5) is 13.2. The van der Waals surface area contributed by atoms with E-state index >= 15 is 0 Å². The first-order chi connectivity index (χ1) is 39.6. The number of hydrogen-bond acceptors (Lipinski definition) is 13. The Kier molecular flexibility index (Phi) is 47.7. The molecule has 2 rings (SSSR count). The first-order valence-electron chi connectivity index (χ1n) is 32.7. The van der Waals surface area contributed by atoms with Crippen molar-refractivity contribution in [3.63, 3.8) is 0 Å². The van der Waals surface area contributed by atoms with Crippen molar-refractivity contribution in [3.8, 4) is 0 Å². The van der Waals surface area contributed by atoms with Gasteiger partial charge in [0, 0.05) is 6.42 Å². The average molecular weight is 1150 g/mol. The third kappa shape index (κ3) is 36.8. The second-order valence-electron chi connectivity index (χ2n) is 22.9. The standard InChI is InChI=1S/C67H119NO13/c1-3-5-7-9-11-13-14-15-16-17-18-19-20-21-22-23-24-25-26-27-28-29-30-31-32-33-34-35-36-37-38-39-40-41-42-43-45-47-49-51-59(72)68-55(56(71)50-48-46-44-12-10-8-6-4-2)54-78-66-64(77)62(75)65(58(53-70)80-66)81-67-63(76)61(74)60(73)57(52-69)79-67/h5,7,11,13,15-16,18-19,21-22,48,50,55-58,60-67,69-71,73-77H,3-4,6,8-10,12,14,17,20,23-47,49,51-54H2,1-2H3,(H,68,72)/b7-5-,13-11-,16-15-,19-18-,22-21-,50-48+. The molecule has 2 aliphatic heterocycles. The maximum absolute atomic E-state index is 13.2. The number of aliphatic hydroxyl groups excluding tert-OH is 8. The Balaban J connectivity index is 1.51. The molecule has 81 heavy (non-hydrogen) atoms. The van der Waals surface area contributed by atoms with Crippen molar-refractivity contribution >= 4 is 5.91 Å². The molecule has 2 saturated heterocycles. The van der Waals surface area contributed by atoms with E-state index in [0.29, 0.717) is 6.42 Å². The number of amides is 1. The van der Waals surface area contributed by atoms with Gasteiger partial charge < -0.3 is 65.1 Å². The normalized spacial score (nSPS) is 24.6. The van der Waals surface area contributed by atoms with Gasteiger partial charge in [0.05, 0.1) is 32.0 Å². The predicted octanol–water partition coefficient (Wildman–Crippen LogP) is 12.3. The molecule has 0 aromatic rings. The lowest BCUT2D eigenvalue weighted by Crippen LogP contribution is -2.65. The minimum atomic E-state index is -1.79. The summed E-state index contributed by atoms with van der Waals surface area (Å²) >= 11 is 0. The van der Waals surface area contributed by atoms with E-state index in [1.807, 2.05) is 6.08 Å². The molecule has 12 atom stereocenters. The summed E-state index contributed by atoms with van der Waals surface area (Å²) < 4.78 is 22.7. The number of hydrogen-bond donors (Lipinski definition) is 9. The van der Waals surface area contributed by atoms with Crippen LogP contribution in [0.15, 0.2) is 72.9 Å². The minimum Gasteiger partial charge on any atom is -0.394 e. The van der Waals surface area contributed by atoms with Gasteiger partial charge in [-0.3, -0.25) is 4.79 Å². The number of allylic oxidation sites excluding steroid dienone is 11. The van der Waals surface area contributed by atoms with Crippen molar-refractivity contribution in [2.24, 2.45) is 0 Å². The van der Waals surface area contributed by atoms with Crippen molar-refractivity contribution in [1.82, 2.24) is 5.32 Å². The second kappa shape index (κ2) is 51.8. The lowest BCUT2D eigenvalue weighted by molar-refractivity contribution is -0.359. The Morgan fingerprint density at radius 2 is 0.852 bits per heavy atom. The Morgan fingerprint density at radius 1 is 0.457 bits per heavy atom. The summed E-state index contributed by atoms with van der Waals surface area (Å²) in [5.41, 5.74) is 0. The average Bonchev–Trinajstić information content (AvgIpc) is 3.51. The highest BCUT2D eigenvalue weighted by Gasteiger charge is 2.51. The van der Waals surface area contributed by atoms with Gasteiger partial charge in [0.1, 0.15) is 48.8 Å². The maximum atomic E-state index is 13.2. The number of rotatable bonds is 52. The zero-order chi connectivity index (χ0) is 58.8. The summed E-state index contributed by atoms with van der Waals surface area (Å²) in [5.74, 6) is -0.241. The van der Waals surface area contributed by atoms with E-state index in [4.69, 9.17) is 18.9 Å². The summed E-state index contributed by atoms with van der Waals surface area (Å²) in [6.45, 7) is 2.63. The highest BCUT2D eigenvalue weighted by atomic mass is 16.7. The van der Waals surface area contributed by atoms with Crippen LogP contribution in [0.1, 0.15) is 251 Å². The van der Waals surface area contributed by atoms with Gasteiger partial charge >= 0.3 is 0 Å². The van der Waals surface area contributed by atoms with Crippen molar-refractivity contribution in [1.29, 1.82) is 0 Å². The zero-order valence-corrected chi connectivity index (χ0v) is 50.8. The number of carbonyl (C=O) groups excluding carboxylic acids is 1. The number of unbranched alkanes of at least 4 members (excludes halogenated alkanes) is 29. The molecule has 0 aromatic carbocycles. The van der Waals surface area contributed by atoms with Crippen molar-refractivity contribution in [2.45, 2.75) is 325 Å². The van der Waals surface area contributed by atoms with Gasteiger partial charge in [0.2, 0.25) is 5.91 Å². The van der Waals surface area contributed by atoms with Crippen LogP contribution in [0.3, 0.4) is 0 Å². The smallest absolute Gasteiger partial charge is 0.220 e.